The van der Waals surface area contributed by atoms with E-state index in [0.29, 0.717) is 10.0 Å². The van der Waals surface area contributed by atoms with E-state index in [4.69, 9.17) is 29.0 Å². The SMILES string of the molecule is Nn1c(CS(=O)(=O)Nc2ccc(Cl)cc2)nnc1CS(=O)(=O)c1c[nH]cc1C(=O)c1ccc(Cl)cc1. The van der Waals surface area contributed by atoms with Gasteiger partial charge < -0.3 is 10.8 Å². The van der Waals surface area contributed by atoms with Crippen molar-refractivity contribution in [3.05, 3.63) is 93.7 Å². The molecule has 0 bridgehead atoms. The van der Waals surface area contributed by atoms with Gasteiger partial charge >= 0.3 is 0 Å². The summed E-state index contributed by atoms with van der Waals surface area (Å²) in [5.41, 5.74) is 0.448. The molecule has 0 aliphatic heterocycles. The zero-order chi connectivity index (χ0) is 26.1. The Balaban J connectivity index is 1.53. The van der Waals surface area contributed by atoms with Crippen molar-refractivity contribution in [3.63, 3.8) is 0 Å². The molecule has 15 heteroatoms. The molecule has 0 amide bonds. The molecule has 11 nitrogen and oxygen atoms in total. The summed E-state index contributed by atoms with van der Waals surface area (Å²) < 4.78 is 54.4. The molecule has 0 aliphatic carbocycles. The third-order valence-corrected chi connectivity index (χ3v) is 8.32. The number of anilines is 1. The maximum absolute atomic E-state index is 13.1. The van der Waals surface area contributed by atoms with Gasteiger partial charge in [-0.25, -0.2) is 21.5 Å². The standard InChI is InChI=1S/C21H18Cl2N6O5S2/c22-14-3-1-13(2-4-14)21(30)17-9-25-10-18(17)35(31,32)11-19-26-27-20(29(19)24)12-36(33,34)28-16-7-5-15(23)6-8-16/h1-10,25,28H,11-12,24H2. The fourth-order valence-corrected chi connectivity index (χ4v) is 6.03. The molecule has 0 fully saturated rings. The van der Waals surface area contributed by atoms with Crippen molar-refractivity contribution in [1.82, 2.24) is 19.9 Å². The van der Waals surface area contributed by atoms with Gasteiger partial charge in [-0.05, 0) is 48.5 Å². The largest absolute Gasteiger partial charge is 0.366 e. The molecule has 4 aromatic rings. The smallest absolute Gasteiger partial charge is 0.240 e. The van der Waals surface area contributed by atoms with Crippen LogP contribution in [0, 0.1) is 0 Å². The van der Waals surface area contributed by atoms with E-state index >= 15 is 0 Å². The Morgan fingerprint density at radius 1 is 0.889 bits per heavy atom. The number of rotatable bonds is 9. The van der Waals surface area contributed by atoms with Crippen LogP contribution in [-0.2, 0) is 31.4 Å². The van der Waals surface area contributed by atoms with Gasteiger partial charge in [0.2, 0.25) is 10.0 Å². The number of sulfonamides is 1. The van der Waals surface area contributed by atoms with Crippen molar-refractivity contribution in [2.24, 2.45) is 0 Å². The quantitative estimate of drug-likeness (QED) is 0.204. The molecule has 2 aromatic heterocycles. The third-order valence-electron chi connectivity index (χ3n) is 4.99. The molecule has 0 aliphatic rings. The number of halogens is 2. The van der Waals surface area contributed by atoms with Crippen LogP contribution in [0.4, 0.5) is 5.69 Å². The van der Waals surface area contributed by atoms with E-state index in [1.165, 1.54) is 60.9 Å². The minimum atomic E-state index is -4.13. The molecule has 0 unspecified atom stereocenters. The molecule has 0 saturated carbocycles. The first-order valence-electron chi connectivity index (χ1n) is 10.1. The number of sulfone groups is 1. The molecule has 36 heavy (non-hydrogen) atoms. The van der Waals surface area contributed by atoms with Crippen LogP contribution in [0.2, 0.25) is 10.0 Å². The molecular formula is C21H18Cl2N6O5S2. The molecule has 2 aromatic carbocycles. The number of nitrogens with zero attached hydrogens (tertiary/aromatic N) is 3. The first-order chi connectivity index (χ1) is 16.9. The zero-order valence-electron chi connectivity index (χ0n) is 18.2. The van der Waals surface area contributed by atoms with Crippen molar-refractivity contribution in [3.8, 4) is 0 Å². The number of nitrogens with two attached hydrogens (primary N) is 1. The second-order valence-corrected chi connectivity index (χ2v) is 12.2. The number of hydrogen-bond donors (Lipinski definition) is 3. The van der Waals surface area contributed by atoms with Gasteiger partial charge in [0, 0.05) is 33.7 Å². The van der Waals surface area contributed by atoms with Crippen LogP contribution < -0.4 is 10.6 Å². The van der Waals surface area contributed by atoms with Gasteiger partial charge in [0.1, 0.15) is 11.5 Å². The zero-order valence-corrected chi connectivity index (χ0v) is 21.4. The fourth-order valence-electron chi connectivity index (χ4n) is 3.25. The first-order valence-corrected chi connectivity index (χ1v) is 14.2. The molecule has 0 spiro atoms. The van der Waals surface area contributed by atoms with Gasteiger partial charge in [-0.1, -0.05) is 23.2 Å². The number of aromatic nitrogens is 4. The van der Waals surface area contributed by atoms with E-state index in [0.717, 1.165) is 4.68 Å². The number of ketones is 1. The summed E-state index contributed by atoms with van der Waals surface area (Å²) in [5, 5.41) is 8.34. The Kier molecular flexibility index (Phi) is 7.09. The lowest BCUT2D eigenvalue weighted by atomic mass is 10.1. The van der Waals surface area contributed by atoms with Crippen LogP contribution in [-0.4, -0.2) is 42.5 Å². The average Bonchev–Trinajstić information content (AvgIpc) is 3.44. The van der Waals surface area contributed by atoms with E-state index in [-0.39, 0.29) is 33.4 Å². The molecule has 4 N–H and O–H groups in total. The van der Waals surface area contributed by atoms with Gasteiger partial charge in [-0.2, -0.15) is 0 Å². The number of carbonyl (C=O) groups excluding carboxylic acids is 1. The summed E-state index contributed by atoms with van der Waals surface area (Å²) in [6.07, 6.45) is 2.45. The lowest BCUT2D eigenvalue weighted by Gasteiger charge is -2.09. The maximum atomic E-state index is 13.1. The summed E-state index contributed by atoms with van der Waals surface area (Å²) in [4.78, 5) is 15.2. The molecular weight excluding hydrogens is 551 g/mol. The Morgan fingerprint density at radius 3 is 2.06 bits per heavy atom. The Bertz CT molecular complexity index is 1630. The third kappa shape index (κ3) is 5.70. The lowest BCUT2D eigenvalue weighted by molar-refractivity contribution is 0.103. The molecule has 2 heterocycles. The molecule has 0 saturated heterocycles. The van der Waals surface area contributed by atoms with Crippen LogP contribution >= 0.6 is 23.2 Å². The van der Waals surface area contributed by atoms with Gasteiger partial charge in [-0.15, -0.1) is 10.2 Å². The minimum absolute atomic E-state index is 0.0737. The maximum Gasteiger partial charge on any atom is 0.240 e. The Morgan fingerprint density at radius 2 is 1.44 bits per heavy atom. The number of H-pyrrole nitrogens is 1. The summed E-state index contributed by atoms with van der Waals surface area (Å²) in [7, 11) is -8.08. The summed E-state index contributed by atoms with van der Waals surface area (Å²) in [6, 6.07) is 12.0. The van der Waals surface area contributed by atoms with Crippen molar-refractivity contribution in [1.29, 1.82) is 0 Å². The molecule has 188 valence electrons. The average molecular weight is 569 g/mol. The predicted molar refractivity (Wildman–Crippen MR) is 134 cm³/mol. The number of nitrogens with one attached hydrogen (secondary N) is 2. The number of carbonyl (C=O) groups is 1. The van der Waals surface area contributed by atoms with Gasteiger partial charge in [0.15, 0.2) is 27.3 Å². The van der Waals surface area contributed by atoms with Crippen LogP contribution in [0.3, 0.4) is 0 Å². The summed E-state index contributed by atoms with van der Waals surface area (Å²) >= 11 is 11.7. The fraction of sp³-hybridized carbons (Fsp3) is 0.0952. The number of hydrogen-bond acceptors (Lipinski definition) is 8. The van der Waals surface area contributed by atoms with E-state index in [1.807, 2.05) is 0 Å². The van der Waals surface area contributed by atoms with E-state index in [2.05, 4.69) is 19.9 Å². The van der Waals surface area contributed by atoms with Crippen LogP contribution in [0.25, 0.3) is 0 Å². The molecule has 0 atom stereocenters. The Labute approximate surface area is 216 Å². The van der Waals surface area contributed by atoms with Crippen LogP contribution in [0.15, 0.2) is 65.8 Å². The highest BCUT2D eigenvalue weighted by Gasteiger charge is 2.28. The normalized spacial score (nSPS) is 11.9. The van der Waals surface area contributed by atoms with Gasteiger partial charge in [-0.3, -0.25) is 9.52 Å². The second kappa shape index (κ2) is 9.93. The van der Waals surface area contributed by atoms with Crippen molar-refractivity contribution in [2.45, 2.75) is 16.4 Å². The van der Waals surface area contributed by atoms with E-state index < -0.39 is 37.1 Å². The highest BCUT2D eigenvalue weighted by Crippen LogP contribution is 2.23. The van der Waals surface area contributed by atoms with Crippen molar-refractivity contribution < 1.29 is 21.6 Å². The minimum Gasteiger partial charge on any atom is -0.366 e. The van der Waals surface area contributed by atoms with Crippen molar-refractivity contribution in [2.75, 3.05) is 10.6 Å². The highest BCUT2D eigenvalue weighted by atomic mass is 35.5. The molecule has 0 radical (unpaired) electrons. The van der Waals surface area contributed by atoms with E-state index in [1.54, 1.807) is 0 Å². The first kappa shape index (κ1) is 25.7. The number of aromatic amines is 1. The lowest BCUT2D eigenvalue weighted by Crippen LogP contribution is -2.23. The highest BCUT2D eigenvalue weighted by molar-refractivity contribution is 7.92. The summed E-state index contributed by atoms with van der Waals surface area (Å²) in [5.74, 6) is 3.61. The van der Waals surface area contributed by atoms with Crippen LogP contribution in [0.5, 0.6) is 0 Å². The Hall–Kier alpha value is -3.39. The predicted octanol–water partition coefficient (Wildman–Crippen LogP) is 2.77. The van der Waals surface area contributed by atoms with E-state index in [9.17, 15) is 21.6 Å². The monoisotopic (exact) mass is 568 g/mol. The summed E-state index contributed by atoms with van der Waals surface area (Å²) in [6.45, 7) is 0. The van der Waals surface area contributed by atoms with Crippen molar-refractivity contribution >= 4 is 54.5 Å². The van der Waals surface area contributed by atoms with Crippen LogP contribution in [0.1, 0.15) is 27.6 Å². The number of benzene rings is 2. The topological polar surface area (TPSA) is 170 Å². The number of nitrogen functional groups attached to an aromatic ring is 1. The second-order valence-electron chi connectivity index (χ2n) is 7.60. The van der Waals surface area contributed by atoms with Gasteiger partial charge in [0.25, 0.3) is 0 Å². The molecule has 4 rings (SSSR count). The van der Waals surface area contributed by atoms with Gasteiger partial charge in [0.05, 0.1) is 10.5 Å².